The van der Waals surface area contributed by atoms with Crippen molar-refractivity contribution < 1.29 is 27.5 Å². The van der Waals surface area contributed by atoms with Crippen molar-refractivity contribution in [3.05, 3.63) is 106 Å². The number of carbonyl (C=O) groups is 2. The zero-order valence-electron chi connectivity index (χ0n) is 22.3. The van der Waals surface area contributed by atoms with Gasteiger partial charge in [-0.2, -0.15) is 0 Å². The quantitative estimate of drug-likeness (QED) is 0.134. The van der Waals surface area contributed by atoms with Crippen molar-refractivity contribution >= 4 is 56.8 Å². The number of benzene rings is 2. The molecule has 0 bridgehead atoms. The van der Waals surface area contributed by atoms with Gasteiger partial charge >= 0.3 is 5.97 Å². The van der Waals surface area contributed by atoms with E-state index in [1.54, 1.807) is 31.2 Å². The Labute approximate surface area is 250 Å². The molecule has 13 nitrogen and oxygen atoms in total. The number of halogens is 1. The first-order valence-corrected chi connectivity index (χ1v) is 14.3. The number of aromatic nitrogens is 4. The molecule has 5 aromatic rings. The van der Waals surface area contributed by atoms with Crippen LogP contribution in [0.3, 0.4) is 0 Å². The van der Waals surface area contributed by atoms with Crippen LogP contribution in [-0.4, -0.2) is 46.4 Å². The monoisotopic (exact) mass is 622 g/mol. The van der Waals surface area contributed by atoms with Gasteiger partial charge < -0.3 is 19.8 Å². The summed E-state index contributed by atoms with van der Waals surface area (Å²) in [5.41, 5.74) is 0.170. The Kier molecular flexibility index (Phi) is 8.69. The molecule has 15 heteroatoms. The van der Waals surface area contributed by atoms with Crippen molar-refractivity contribution in [1.29, 1.82) is 0 Å². The molecule has 5 rings (SSSR count). The van der Waals surface area contributed by atoms with Crippen LogP contribution in [0.4, 0.5) is 11.4 Å². The van der Waals surface area contributed by atoms with E-state index in [1.807, 2.05) is 0 Å². The van der Waals surface area contributed by atoms with Gasteiger partial charge in [0.15, 0.2) is 5.82 Å². The predicted molar refractivity (Wildman–Crippen MR) is 159 cm³/mol. The number of esters is 1. The van der Waals surface area contributed by atoms with E-state index in [1.165, 1.54) is 54.9 Å². The maximum Gasteiger partial charge on any atom is 0.338 e. The third kappa shape index (κ3) is 6.50. The van der Waals surface area contributed by atoms with Gasteiger partial charge in [0.1, 0.15) is 17.2 Å². The van der Waals surface area contributed by atoms with E-state index in [9.17, 15) is 22.8 Å². The minimum Gasteiger partial charge on any atom is -0.473 e. The number of fused-ring (bicyclic) bond motifs is 1. The van der Waals surface area contributed by atoms with Crippen molar-refractivity contribution in [1.82, 2.24) is 19.5 Å². The van der Waals surface area contributed by atoms with E-state index in [-0.39, 0.29) is 57.0 Å². The van der Waals surface area contributed by atoms with Gasteiger partial charge in [0, 0.05) is 12.4 Å². The maximum absolute atomic E-state index is 13.9. The molecular weight excluding hydrogens is 600 g/mol. The number of pyridine rings is 1. The summed E-state index contributed by atoms with van der Waals surface area (Å²) in [6, 6.07) is 16.5. The van der Waals surface area contributed by atoms with Crippen molar-refractivity contribution in [2.75, 3.05) is 16.6 Å². The van der Waals surface area contributed by atoms with Crippen LogP contribution in [0.5, 0.6) is 5.75 Å². The summed E-state index contributed by atoms with van der Waals surface area (Å²) in [5.74, 6) is -1.12. The number of hydrogen-bond acceptors (Lipinski definition) is 9. The summed E-state index contributed by atoms with van der Waals surface area (Å²) >= 11 is 6.31. The number of hydrogen-bond donors (Lipinski definition) is 4. The van der Waals surface area contributed by atoms with Crippen LogP contribution in [-0.2, 0) is 20.4 Å². The zero-order chi connectivity index (χ0) is 30.5. The van der Waals surface area contributed by atoms with E-state index in [0.717, 1.165) is 4.57 Å². The van der Waals surface area contributed by atoms with Crippen molar-refractivity contribution in [3.8, 4) is 11.6 Å². The lowest BCUT2D eigenvalue weighted by molar-refractivity contribution is -0.123. The van der Waals surface area contributed by atoms with Crippen LogP contribution in [0.2, 0.25) is 5.02 Å². The average Bonchev–Trinajstić information content (AvgIpc) is 3.47. The van der Waals surface area contributed by atoms with Gasteiger partial charge in [-0.3, -0.25) is 14.3 Å². The number of carbonyl (C=O) groups excluding carboxylic acids is 2. The van der Waals surface area contributed by atoms with Gasteiger partial charge in [0.25, 0.3) is 11.5 Å². The van der Waals surface area contributed by atoms with Crippen molar-refractivity contribution in [3.63, 3.8) is 0 Å². The fourth-order valence-electron chi connectivity index (χ4n) is 4.14. The molecule has 43 heavy (non-hydrogen) atoms. The molecule has 220 valence electrons. The highest BCUT2D eigenvalue weighted by atomic mass is 35.5. The van der Waals surface area contributed by atoms with Crippen LogP contribution >= 0.6 is 11.6 Å². The molecule has 3 N–H and O–H groups in total. The lowest BCUT2D eigenvalue weighted by Crippen LogP contribution is -2.34. The summed E-state index contributed by atoms with van der Waals surface area (Å²) in [7, 11) is -2.98. The van der Waals surface area contributed by atoms with E-state index in [0.29, 0.717) is 0 Å². The molecule has 1 atom stereocenters. The minimum atomic E-state index is -2.98. The number of anilines is 2. The number of thiol groups is 1. The van der Waals surface area contributed by atoms with E-state index < -0.39 is 34.4 Å². The lowest BCUT2D eigenvalue weighted by Gasteiger charge is -2.22. The van der Waals surface area contributed by atoms with E-state index >= 15 is 0 Å². The molecule has 1 unspecified atom stereocenters. The second-order valence-corrected chi connectivity index (χ2v) is 9.98. The second kappa shape index (κ2) is 12.8. The van der Waals surface area contributed by atoms with Crippen molar-refractivity contribution in [2.45, 2.75) is 13.0 Å². The average molecular weight is 623 g/mol. The fourth-order valence-corrected chi connectivity index (χ4v) is 4.65. The van der Waals surface area contributed by atoms with Crippen molar-refractivity contribution in [2.24, 2.45) is 0 Å². The van der Waals surface area contributed by atoms with Crippen LogP contribution in [0.1, 0.15) is 29.2 Å². The third-order valence-corrected chi connectivity index (χ3v) is 6.80. The SMILES string of the molecule is CCOC(=O)c1ccc(OC(C(=O)Nc2cc(N[SH](=O)=O)ccc2Cl)c2nc3[nH]ccc3c(=O)n2-c2ccccn2)cc1. The van der Waals surface area contributed by atoms with Gasteiger partial charge in [0.2, 0.25) is 17.0 Å². The first kappa shape index (κ1) is 29.3. The Bertz CT molecular complexity index is 1930. The number of rotatable bonds is 10. The Morgan fingerprint density at radius 1 is 1.09 bits per heavy atom. The normalized spacial score (nSPS) is 11.7. The molecule has 0 radical (unpaired) electrons. The molecule has 0 spiro atoms. The topological polar surface area (TPSA) is 174 Å². The van der Waals surface area contributed by atoms with Gasteiger partial charge in [-0.25, -0.2) is 27.7 Å². The maximum atomic E-state index is 13.9. The van der Waals surface area contributed by atoms with Crippen LogP contribution in [0, 0.1) is 0 Å². The number of ether oxygens (including phenoxy) is 2. The summed E-state index contributed by atoms with van der Waals surface area (Å²) in [6.07, 6.45) is 1.44. The molecular formula is C28H23ClN6O7S. The number of nitrogens with one attached hydrogen (secondary N) is 3. The first-order valence-electron chi connectivity index (χ1n) is 12.7. The summed E-state index contributed by atoms with van der Waals surface area (Å²) < 4.78 is 36.9. The van der Waals surface area contributed by atoms with Gasteiger partial charge in [-0.1, -0.05) is 17.7 Å². The Hall–Kier alpha value is -5.21. The van der Waals surface area contributed by atoms with Gasteiger partial charge in [0.05, 0.1) is 34.0 Å². The fraction of sp³-hybridized carbons (Fsp3) is 0.107. The standard InChI is InChI=1S/C28H23ClN6O7S/c1-2-41-28(38)16-6-9-18(10-7-16)42-23(26(36)32-21-15-17(34-43(39)40)8-11-20(21)29)25-33-24-19(12-14-31-24)27(37)35(25)22-5-3-4-13-30-22/h3-15,23,31,43H,2H2,1H3,(H,32,36)(H,34,39,40). The molecule has 2 aromatic carbocycles. The Morgan fingerprint density at radius 3 is 2.58 bits per heavy atom. The first-order chi connectivity index (χ1) is 20.7. The molecule has 0 aliphatic rings. The molecule has 0 aliphatic carbocycles. The largest absolute Gasteiger partial charge is 0.473 e. The Balaban J connectivity index is 1.62. The lowest BCUT2D eigenvalue weighted by atomic mass is 10.2. The molecule has 0 fully saturated rings. The third-order valence-electron chi connectivity index (χ3n) is 6.03. The second-order valence-electron chi connectivity index (χ2n) is 8.83. The molecule has 1 amide bonds. The molecule has 3 heterocycles. The van der Waals surface area contributed by atoms with Crippen LogP contribution in [0.15, 0.2) is 83.9 Å². The van der Waals surface area contributed by atoms with E-state index in [2.05, 4.69) is 25.0 Å². The zero-order valence-corrected chi connectivity index (χ0v) is 24.0. The molecule has 0 saturated carbocycles. The van der Waals surface area contributed by atoms with Gasteiger partial charge in [-0.15, -0.1) is 0 Å². The molecule has 0 saturated heterocycles. The summed E-state index contributed by atoms with van der Waals surface area (Å²) in [5, 5.41) is 2.99. The number of amides is 1. The minimum absolute atomic E-state index is 0.0625. The molecule has 0 aliphatic heterocycles. The highest BCUT2D eigenvalue weighted by Gasteiger charge is 2.31. The summed E-state index contributed by atoms with van der Waals surface area (Å²) in [6.45, 7) is 1.88. The smallest absolute Gasteiger partial charge is 0.338 e. The van der Waals surface area contributed by atoms with Crippen LogP contribution < -0.4 is 20.3 Å². The highest BCUT2D eigenvalue weighted by molar-refractivity contribution is 7.73. The summed E-state index contributed by atoms with van der Waals surface area (Å²) in [4.78, 5) is 51.5. The number of H-pyrrole nitrogens is 1. The Morgan fingerprint density at radius 2 is 1.88 bits per heavy atom. The van der Waals surface area contributed by atoms with Crippen LogP contribution in [0.25, 0.3) is 16.9 Å². The highest BCUT2D eigenvalue weighted by Crippen LogP contribution is 2.29. The van der Waals surface area contributed by atoms with E-state index in [4.69, 9.17) is 21.1 Å². The van der Waals surface area contributed by atoms with Gasteiger partial charge in [-0.05, 0) is 67.6 Å². The predicted octanol–water partition coefficient (Wildman–Crippen LogP) is 3.64. The molecule has 3 aromatic heterocycles. The number of nitrogens with zero attached hydrogens (tertiary/aromatic N) is 3. The number of aromatic amines is 1.